The molecule has 0 saturated heterocycles. The lowest BCUT2D eigenvalue weighted by molar-refractivity contribution is 0.160. The third-order valence-electron chi connectivity index (χ3n) is 3.03. The first-order valence-corrected chi connectivity index (χ1v) is 7.77. The molecule has 0 saturated carbocycles. The summed E-state index contributed by atoms with van der Waals surface area (Å²) in [5, 5.41) is 11.7. The average Bonchev–Trinajstić information content (AvgIpc) is 2.90. The molecule has 1 aliphatic heterocycles. The van der Waals surface area contributed by atoms with Crippen LogP contribution in [0.4, 0.5) is 16.2 Å². The van der Waals surface area contributed by atoms with Gasteiger partial charge in [-0.25, -0.2) is 9.79 Å². The Labute approximate surface area is 127 Å². The van der Waals surface area contributed by atoms with Gasteiger partial charge in [0.25, 0.3) is 0 Å². The summed E-state index contributed by atoms with van der Waals surface area (Å²) in [5.41, 5.74) is 2.68. The van der Waals surface area contributed by atoms with E-state index in [1.807, 2.05) is 30.6 Å². The zero-order valence-electron chi connectivity index (χ0n) is 11.9. The number of fused-ring (bicyclic) bond motifs is 1. The third kappa shape index (κ3) is 3.47. The highest BCUT2D eigenvalue weighted by atomic mass is 32.2. The minimum atomic E-state index is -0.316. The number of thioether (sulfide) groups is 1. The number of hydrogen-bond acceptors (Lipinski definition) is 5. The van der Waals surface area contributed by atoms with Crippen LogP contribution in [0.2, 0.25) is 0 Å². The summed E-state index contributed by atoms with van der Waals surface area (Å²) in [5.74, 6) is 0. The molecule has 1 aromatic carbocycles. The molecule has 0 bridgehead atoms. The molecule has 21 heavy (non-hydrogen) atoms. The van der Waals surface area contributed by atoms with Crippen molar-refractivity contribution in [2.45, 2.75) is 13.3 Å². The van der Waals surface area contributed by atoms with Crippen molar-refractivity contribution in [1.29, 1.82) is 5.26 Å². The van der Waals surface area contributed by atoms with Gasteiger partial charge in [-0.2, -0.15) is 5.26 Å². The van der Waals surface area contributed by atoms with E-state index in [-0.39, 0.29) is 6.09 Å². The minimum Gasteiger partial charge on any atom is -0.449 e. The van der Waals surface area contributed by atoms with Crippen LogP contribution in [0.1, 0.15) is 12.5 Å². The van der Waals surface area contributed by atoms with Gasteiger partial charge in [-0.15, -0.1) is 0 Å². The Morgan fingerprint density at radius 3 is 3.10 bits per heavy atom. The number of amides is 1. The molecule has 0 aliphatic carbocycles. The van der Waals surface area contributed by atoms with Crippen molar-refractivity contribution < 1.29 is 9.53 Å². The molecule has 110 valence electrons. The van der Waals surface area contributed by atoms with Crippen molar-refractivity contribution in [3.8, 4) is 6.19 Å². The zero-order chi connectivity index (χ0) is 15.2. The molecule has 1 heterocycles. The van der Waals surface area contributed by atoms with E-state index in [4.69, 9.17) is 10.00 Å². The minimum absolute atomic E-state index is 0.316. The fraction of sp³-hybridized carbons (Fsp3) is 0.357. The molecule has 1 N–H and O–H groups in total. The molecule has 2 rings (SSSR count). The molecule has 6 nitrogen and oxygen atoms in total. The first-order chi connectivity index (χ1) is 10.2. The summed E-state index contributed by atoms with van der Waals surface area (Å²) in [4.78, 5) is 17.8. The number of carbonyl (C=O) groups excluding carboxylic acids is 1. The van der Waals surface area contributed by atoms with E-state index < -0.39 is 0 Å². The predicted molar refractivity (Wildman–Crippen MR) is 83.9 cm³/mol. The number of nitrogens with one attached hydrogen (secondary N) is 1. The Hall–Kier alpha value is -2.20. The predicted octanol–water partition coefficient (Wildman–Crippen LogP) is 2.63. The molecule has 0 aromatic heterocycles. The monoisotopic (exact) mass is 304 g/mol. The Bertz CT molecular complexity index is 609. The molecule has 1 amide bonds. The van der Waals surface area contributed by atoms with E-state index in [1.54, 1.807) is 11.8 Å². The number of benzene rings is 1. The highest BCUT2D eigenvalue weighted by Gasteiger charge is 2.25. The van der Waals surface area contributed by atoms with Crippen LogP contribution in [0.25, 0.3) is 0 Å². The number of nitriles is 1. The Morgan fingerprint density at radius 1 is 1.62 bits per heavy atom. The lowest BCUT2D eigenvalue weighted by Gasteiger charge is -2.16. The molecule has 1 aromatic rings. The molecule has 0 radical (unpaired) electrons. The van der Waals surface area contributed by atoms with Crippen LogP contribution in [0, 0.1) is 11.5 Å². The van der Waals surface area contributed by atoms with Crippen molar-refractivity contribution in [3.05, 3.63) is 23.8 Å². The fourth-order valence-electron chi connectivity index (χ4n) is 2.14. The van der Waals surface area contributed by atoms with Gasteiger partial charge in [0.2, 0.25) is 0 Å². The maximum Gasteiger partial charge on any atom is 0.414 e. The normalized spacial score (nSPS) is 13.6. The molecule has 0 unspecified atom stereocenters. The van der Waals surface area contributed by atoms with Crippen molar-refractivity contribution in [3.63, 3.8) is 0 Å². The number of nitrogens with zero attached hydrogens (tertiary/aromatic N) is 3. The van der Waals surface area contributed by atoms with Crippen LogP contribution in [0.15, 0.2) is 23.2 Å². The standard InChI is InChI=1S/C14H16N4O2S/c1-3-20-14(19)18-7-6-10-8-11(4-5-12(10)18)17-13(21-2)16-9-15/h4-5,8H,3,6-7H2,1-2H3,(H,16,17). The first kappa shape index (κ1) is 15.2. The smallest absolute Gasteiger partial charge is 0.414 e. The Morgan fingerprint density at radius 2 is 2.43 bits per heavy atom. The second kappa shape index (κ2) is 6.99. The van der Waals surface area contributed by atoms with Crippen molar-refractivity contribution in [2.75, 3.05) is 24.3 Å². The van der Waals surface area contributed by atoms with Crippen molar-refractivity contribution in [1.82, 2.24) is 5.32 Å². The van der Waals surface area contributed by atoms with Crippen LogP contribution in [-0.2, 0) is 11.2 Å². The summed E-state index contributed by atoms with van der Waals surface area (Å²) in [6.07, 6.45) is 4.16. The average molecular weight is 304 g/mol. The highest BCUT2D eigenvalue weighted by molar-refractivity contribution is 8.13. The number of rotatable bonds is 2. The number of amidine groups is 1. The van der Waals surface area contributed by atoms with Gasteiger partial charge in [-0.3, -0.25) is 10.2 Å². The van der Waals surface area contributed by atoms with Crippen LogP contribution in [-0.4, -0.2) is 30.7 Å². The summed E-state index contributed by atoms with van der Waals surface area (Å²) in [6.45, 7) is 2.77. The first-order valence-electron chi connectivity index (χ1n) is 6.54. The van der Waals surface area contributed by atoms with Gasteiger partial charge < -0.3 is 4.74 Å². The SMILES string of the molecule is CCOC(=O)N1CCc2cc(N=C(NC#N)SC)ccc21. The van der Waals surface area contributed by atoms with Gasteiger partial charge >= 0.3 is 6.09 Å². The number of anilines is 1. The highest BCUT2D eigenvalue weighted by Crippen LogP contribution is 2.32. The molecule has 7 heteroatoms. The van der Waals surface area contributed by atoms with Gasteiger partial charge in [-0.1, -0.05) is 11.8 Å². The van der Waals surface area contributed by atoms with E-state index in [0.29, 0.717) is 18.3 Å². The second-order valence-electron chi connectivity index (χ2n) is 4.27. The van der Waals surface area contributed by atoms with Gasteiger partial charge in [0.15, 0.2) is 11.4 Å². The van der Waals surface area contributed by atoms with Crippen LogP contribution >= 0.6 is 11.8 Å². The summed E-state index contributed by atoms with van der Waals surface area (Å²) in [6, 6.07) is 5.62. The van der Waals surface area contributed by atoms with Crippen LogP contribution in [0.3, 0.4) is 0 Å². The number of hydrogen-bond donors (Lipinski definition) is 1. The van der Waals surface area contributed by atoms with E-state index in [1.165, 1.54) is 11.8 Å². The van der Waals surface area contributed by atoms with Gasteiger partial charge in [0.05, 0.1) is 18.0 Å². The summed E-state index contributed by atoms with van der Waals surface area (Å²) >= 11 is 1.37. The van der Waals surface area contributed by atoms with Gasteiger partial charge in [0.1, 0.15) is 0 Å². The maximum atomic E-state index is 11.8. The fourth-order valence-corrected chi connectivity index (χ4v) is 2.48. The second-order valence-corrected chi connectivity index (χ2v) is 5.07. The topological polar surface area (TPSA) is 77.7 Å². The molecular formula is C14H16N4O2S. The molecular weight excluding hydrogens is 288 g/mol. The summed E-state index contributed by atoms with van der Waals surface area (Å²) < 4.78 is 5.04. The van der Waals surface area contributed by atoms with E-state index in [9.17, 15) is 4.79 Å². The van der Waals surface area contributed by atoms with Crippen LogP contribution in [0.5, 0.6) is 0 Å². The number of carbonyl (C=O) groups is 1. The maximum absolute atomic E-state index is 11.8. The quantitative estimate of drug-likeness (QED) is 0.393. The molecule has 0 atom stereocenters. The summed E-state index contributed by atoms with van der Waals surface area (Å²) in [7, 11) is 0. The lowest BCUT2D eigenvalue weighted by atomic mass is 10.1. The molecule has 0 fully saturated rings. The van der Waals surface area contributed by atoms with Gasteiger partial charge in [0, 0.05) is 6.54 Å². The Balaban J connectivity index is 2.22. The lowest BCUT2D eigenvalue weighted by Crippen LogP contribution is -2.29. The van der Waals surface area contributed by atoms with E-state index in [2.05, 4.69) is 10.3 Å². The van der Waals surface area contributed by atoms with E-state index in [0.717, 1.165) is 23.4 Å². The number of ether oxygens (including phenoxy) is 1. The Kier molecular flexibility index (Phi) is 5.06. The number of aliphatic imine (C=N–C) groups is 1. The molecule has 1 aliphatic rings. The van der Waals surface area contributed by atoms with Crippen molar-refractivity contribution in [2.24, 2.45) is 4.99 Å². The van der Waals surface area contributed by atoms with E-state index >= 15 is 0 Å². The van der Waals surface area contributed by atoms with Crippen LogP contribution < -0.4 is 10.2 Å². The zero-order valence-corrected chi connectivity index (χ0v) is 12.7. The van der Waals surface area contributed by atoms with Crippen molar-refractivity contribution >= 4 is 34.4 Å². The third-order valence-corrected chi connectivity index (χ3v) is 3.61. The van der Waals surface area contributed by atoms with Gasteiger partial charge in [-0.05, 0) is 43.4 Å². The molecule has 0 spiro atoms. The largest absolute Gasteiger partial charge is 0.449 e.